The highest BCUT2D eigenvalue weighted by molar-refractivity contribution is 7.16. The Morgan fingerprint density at radius 3 is 2.47 bits per heavy atom. The summed E-state index contributed by atoms with van der Waals surface area (Å²) >= 11 is 7.67. The summed E-state index contributed by atoms with van der Waals surface area (Å²) in [5.41, 5.74) is 0. The first kappa shape index (κ1) is 15.0. The van der Waals surface area contributed by atoms with E-state index in [4.69, 9.17) is 11.6 Å². The van der Waals surface area contributed by atoms with Gasteiger partial charge in [-0.05, 0) is 25.6 Å². The van der Waals surface area contributed by atoms with Crippen LogP contribution in [-0.4, -0.2) is 7.05 Å². The van der Waals surface area contributed by atoms with Gasteiger partial charge in [0.1, 0.15) is 0 Å². The fourth-order valence-corrected chi connectivity index (χ4v) is 3.28. The van der Waals surface area contributed by atoms with Gasteiger partial charge >= 0.3 is 0 Å². The zero-order valence-electron chi connectivity index (χ0n) is 11.0. The number of hydrogen-bond donors (Lipinski definition) is 1. The zero-order valence-corrected chi connectivity index (χ0v) is 12.5. The van der Waals surface area contributed by atoms with Crippen molar-refractivity contribution >= 4 is 22.9 Å². The van der Waals surface area contributed by atoms with Crippen LogP contribution in [0.25, 0.3) is 0 Å². The Hall–Kier alpha value is -0.0500. The maximum atomic E-state index is 5.97. The summed E-state index contributed by atoms with van der Waals surface area (Å²) in [5, 5.41) is 3.39. The van der Waals surface area contributed by atoms with Gasteiger partial charge in [-0.3, -0.25) is 0 Å². The lowest BCUT2D eigenvalue weighted by Gasteiger charge is -2.14. The predicted molar refractivity (Wildman–Crippen MR) is 79.1 cm³/mol. The highest BCUT2D eigenvalue weighted by Crippen LogP contribution is 2.29. The Morgan fingerprint density at radius 1 is 1.18 bits per heavy atom. The molecule has 1 atom stereocenters. The molecule has 0 fully saturated rings. The first-order chi connectivity index (χ1) is 8.27. The van der Waals surface area contributed by atoms with E-state index in [2.05, 4.69) is 18.3 Å². The van der Waals surface area contributed by atoms with Gasteiger partial charge < -0.3 is 5.32 Å². The van der Waals surface area contributed by atoms with E-state index >= 15 is 0 Å². The maximum Gasteiger partial charge on any atom is 0.0931 e. The van der Waals surface area contributed by atoms with Crippen LogP contribution < -0.4 is 5.32 Å². The summed E-state index contributed by atoms with van der Waals surface area (Å²) < 4.78 is 0.892. The van der Waals surface area contributed by atoms with E-state index < -0.39 is 0 Å². The molecule has 1 aromatic rings. The maximum absolute atomic E-state index is 5.97. The highest BCUT2D eigenvalue weighted by atomic mass is 35.5. The van der Waals surface area contributed by atoms with Crippen LogP contribution in [0, 0.1) is 0 Å². The monoisotopic (exact) mass is 273 g/mol. The molecule has 0 aliphatic rings. The third-order valence-corrected chi connectivity index (χ3v) is 4.48. The molecular formula is C14H24ClNS. The zero-order chi connectivity index (χ0) is 12.5. The van der Waals surface area contributed by atoms with E-state index in [-0.39, 0.29) is 0 Å². The van der Waals surface area contributed by atoms with Crippen molar-refractivity contribution in [1.29, 1.82) is 0 Å². The summed E-state index contributed by atoms with van der Waals surface area (Å²) in [6, 6.07) is 4.62. The number of hydrogen-bond acceptors (Lipinski definition) is 2. The third-order valence-electron chi connectivity index (χ3n) is 3.13. The smallest absolute Gasteiger partial charge is 0.0931 e. The van der Waals surface area contributed by atoms with Gasteiger partial charge in [-0.15, -0.1) is 11.3 Å². The van der Waals surface area contributed by atoms with Crippen molar-refractivity contribution < 1.29 is 0 Å². The minimum Gasteiger partial charge on any atom is -0.312 e. The second-order valence-electron chi connectivity index (χ2n) is 4.54. The van der Waals surface area contributed by atoms with E-state index in [0.717, 1.165) is 4.34 Å². The average Bonchev–Trinajstić information content (AvgIpc) is 2.75. The summed E-state index contributed by atoms with van der Waals surface area (Å²) in [4.78, 5) is 1.37. The highest BCUT2D eigenvalue weighted by Gasteiger charge is 2.10. The quantitative estimate of drug-likeness (QED) is 0.593. The van der Waals surface area contributed by atoms with Crippen molar-refractivity contribution in [3.63, 3.8) is 0 Å². The number of nitrogens with one attached hydrogen (secondary N) is 1. The van der Waals surface area contributed by atoms with Crippen LogP contribution in [0.4, 0.5) is 0 Å². The number of rotatable bonds is 9. The molecule has 1 aromatic heterocycles. The first-order valence-corrected chi connectivity index (χ1v) is 7.90. The lowest BCUT2D eigenvalue weighted by molar-refractivity contribution is 0.503. The molecule has 0 radical (unpaired) electrons. The van der Waals surface area contributed by atoms with Crippen molar-refractivity contribution in [2.24, 2.45) is 0 Å². The minimum atomic E-state index is 0.485. The molecule has 1 heterocycles. The standard InChI is InChI=1S/C14H24ClNS/c1-3-4-5-6-7-8-9-12(16-2)13-10-11-14(15)17-13/h10-12,16H,3-9H2,1-2H3. The summed E-state index contributed by atoms with van der Waals surface area (Å²) in [6.07, 6.45) is 9.38. The molecule has 1 nitrogen and oxygen atoms in total. The van der Waals surface area contributed by atoms with Crippen molar-refractivity contribution in [2.45, 2.75) is 57.9 Å². The molecule has 0 aliphatic carbocycles. The van der Waals surface area contributed by atoms with E-state index in [1.165, 1.54) is 49.8 Å². The van der Waals surface area contributed by atoms with Crippen LogP contribution in [0.5, 0.6) is 0 Å². The van der Waals surface area contributed by atoms with Gasteiger partial charge in [-0.25, -0.2) is 0 Å². The van der Waals surface area contributed by atoms with Gasteiger partial charge in [-0.2, -0.15) is 0 Å². The molecule has 1 rings (SSSR count). The van der Waals surface area contributed by atoms with Gasteiger partial charge in [0.15, 0.2) is 0 Å². The molecule has 0 aromatic carbocycles. The number of unbranched alkanes of at least 4 members (excludes halogenated alkanes) is 5. The average molecular weight is 274 g/mol. The van der Waals surface area contributed by atoms with Gasteiger partial charge in [0.2, 0.25) is 0 Å². The topological polar surface area (TPSA) is 12.0 Å². The fourth-order valence-electron chi connectivity index (χ4n) is 2.07. The Bertz CT molecular complexity index is 298. The van der Waals surface area contributed by atoms with Crippen LogP contribution in [0.15, 0.2) is 12.1 Å². The van der Waals surface area contributed by atoms with Gasteiger partial charge in [0.25, 0.3) is 0 Å². The van der Waals surface area contributed by atoms with Crippen molar-refractivity contribution in [2.75, 3.05) is 7.05 Å². The number of halogens is 1. The summed E-state index contributed by atoms with van der Waals surface area (Å²) in [7, 11) is 2.04. The predicted octanol–water partition coefficient (Wildman–Crippen LogP) is 5.41. The lowest BCUT2D eigenvalue weighted by Crippen LogP contribution is -2.14. The van der Waals surface area contributed by atoms with Crippen LogP contribution in [0.3, 0.4) is 0 Å². The molecule has 17 heavy (non-hydrogen) atoms. The second kappa shape index (κ2) is 8.96. The summed E-state index contributed by atoms with van der Waals surface area (Å²) in [6.45, 7) is 2.26. The molecule has 0 saturated heterocycles. The second-order valence-corrected chi connectivity index (χ2v) is 6.29. The first-order valence-electron chi connectivity index (χ1n) is 6.70. The van der Waals surface area contributed by atoms with Crippen LogP contribution in [0.1, 0.15) is 62.8 Å². The Morgan fingerprint density at radius 2 is 1.88 bits per heavy atom. The van der Waals surface area contributed by atoms with E-state index in [0.29, 0.717) is 6.04 Å². The van der Waals surface area contributed by atoms with Gasteiger partial charge in [-0.1, -0.05) is 57.0 Å². The molecule has 0 aliphatic heterocycles. The molecule has 0 amide bonds. The van der Waals surface area contributed by atoms with E-state index in [1.54, 1.807) is 11.3 Å². The number of thiophene rings is 1. The minimum absolute atomic E-state index is 0.485. The van der Waals surface area contributed by atoms with Crippen LogP contribution in [-0.2, 0) is 0 Å². The summed E-state index contributed by atoms with van der Waals surface area (Å²) in [5.74, 6) is 0. The molecule has 0 spiro atoms. The van der Waals surface area contributed by atoms with E-state index in [1.807, 2.05) is 13.1 Å². The molecule has 0 saturated carbocycles. The van der Waals surface area contributed by atoms with Gasteiger partial charge in [0, 0.05) is 10.9 Å². The Kier molecular flexibility index (Phi) is 7.91. The third kappa shape index (κ3) is 5.89. The molecular weight excluding hydrogens is 250 g/mol. The largest absolute Gasteiger partial charge is 0.312 e. The van der Waals surface area contributed by atoms with Gasteiger partial charge in [0.05, 0.1) is 4.34 Å². The molecule has 1 unspecified atom stereocenters. The SMILES string of the molecule is CCCCCCCCC(NC)c1ccc(Cl)s1. The van der Waals surface area contributed by atoms with E-state index in [9.17, 15) is 0 Å². The normalized spacial score (nSPS) is 12.9. The van der Waals surface area contributed by atoms with Crippen molar-refractivity contribution in [3.05, 3.63) is 21.3 Å². The van der Waals surface area contributed by atoms with Crippen molar-refractivity contribution in [3.8, 4) is 0 Å². The lowest BCUT2D eigenvalue weighted by atomic mass is 10.0. The van der Waals surface area contributed by atoms with Crippen LogP contribution in [0.2, 0.25) is 4.34 Å². The molecule has 98 valence electrons. The fraction of sp³-hybridized carbons (Fsp3) is 0.714. The molecule has 3 heteroatoms. The van der Waals surface area contributed by atoms with Crippen molar-refractivity contribution in [1.82, 2.24) is 5.32 Å². The molecule has 0 bridgehead atoms. The molecule has 1 N–H and O–H groups in total. The van der Waals surface area contributed by atoms with Crippen LogP contribution >= 0.6 is 22.9 Å². The Balaban J connectivity index is 2.19. The Labute approximate surface area is 115 Å².